The molecule has 32 heavy (non-hydrogen) atoms. The maximum Gasteiger partial charge on any atom is 0.410 e. The predicted molar refractivity (Wildman–Crippen MR) is 128 cm³/mol. The van der Waals surface area contributed by atoms with Crippen LogP contribution in [0.25, 0.3) is 0 Å². The van der Waals surface area contributed by atoms with Gasteiger partial charge in [0.25, 0.3) is 0 Å². The fourth-order valence-electron chi connectivity index (χ4n) is 3.63. The second-order valence-corrected chi connectivity index (χ2v) is 10.8. The van der Waals surface area contributed by atoms with Crippen LogP contribution in [0.15, 0.2) is 41.0 Å². The highest BCUT2D eigenvalue weighted by molar-refractivity contribution is 9.10. The summed E-state index contributed by atoms with van der Waals surface area (Å²) in [5.74, 6) is 1.82. The lowest BCUT2D eigenvalue weighted by Gasteiger charge is -2.33. The molecule has 6 nitrogen and oxygen atoms in total. The zero-order chi connectivity index (χ0) is 23.5. The van der Waals surface area contributed by atoms with Gasteiger partial charge in [-0.25, -0.2) is 4.79 Å². The normalized spacial score (nSPS) is 15.5. The number of likely N-dealkylation sites (tertiary alicyclic amines) is 1. The Labute approximate surface area is 199 Å². The zero-order valence-electron chi connectivity index (χ0n) is 19.5. The molecule has 0 unspecified atom stereocenters. The highest BCUT2D eigenvalue weighted by Crippen LogP contribution is 2.33. The number of piperidine rings is 1. The number of pyridine rings is 1. The van der Waals surface area contributed by atoms with E-state index in [1.54, 1.807) is 24.9 Å². The van der Waals surface area contributed by atoms with E-state index < -0.39 is 11.2 Å². The summed E-state index contributed by atoms with van der Waals surface area (Å²) in [5.41, 5.74) is 0.453. The van der Waals surface area contributed by atoms with Crippen LogP contribution in [-0.2, 0) is 16.8 Å². The average molecular weight is 505 g/mol. The van der Waals surface area contributed by atoms with Crippen LogP contribution < -0.4 is 4.74 Å². The fourth-order valence-corrected chi connectivity index (χ4v) is 4.08. The molecule has 0 radical (unpaired) electrons. The monoisotopic (exact) mass is 504 g/mol. The van der Waals surface area contributed by atoms with Gasteiger partial charge >= 0.3 is 6.09 Å². The van der Waals surface area contributed by atoms with Crippen LogP contribution in [0.5, 0.6) is 11.5 Å². The number of benzene rings is 1. The van der Waals surface area contributed by atoms with Crippen molar-refractivity contribution in [3.63, 3.8) is 0 Å². The molecule has 1 aromatic carbocycles. The molecule has 2 heterocycles. The van der Waals surface area contributed by atoms with E-state index in [1.807, 2.05) is 51.1 Å². The summed E-state index contributed by atoms with van der Waals surface area (Å²) in [7, 11) is 0. The number of halogens is 1. The predicted octanol–water partition coefficient (Wildman–Crippen LogP) is 6.05. The minimum Gasteiger partial charge on any atom is -0.455 e. The lowest BCUT2D eigenvalue weighted by atomic mass is 9.92. The lowest BCUT2D eigenvalue weighted by Crippen LogP contribution is -2.42. The number of carbonyl (C=O) groups excluding carboxylic acids is 1. The average Bonchev–Trinajstić information content (AvgIpc) is 2.69. The molecule has 1 fully saturated rings. The molecule has 0 saturated carbocycles. The summed E-state index contributed by atoms with van der Waals surface area (Å²) in [5, 5.41) is 10.1. The minimum atomic E-state index is -0.909. The Balaban J connectivity index is 1.52. The summed E-state index contributed by atoms with van der Waals surface area (Å²) < 4.78 is 12.2. The number of ether oxygens (including phenoxy) is 2. The first-order valence-electron chi connectivity index (χ1n) is 11.0. The van der Waals surface area contributed by atoms with Gasteiger partial charge in [-0.05, 0) is 106 Å². The van der Waals surface area contributed by atoms with E-state index in [1.165, 1.54) is 0 Å². The van der Waals surface area contributed by atoms with Crippen molar-refractivity contribution in [2.24, 2.45) is 5.92 Å². The van der Waals surface area contributed by atoms with Crippen LogP contribution in [0.1, 0.15) is 58.7 Å². The number of hydrogen-bond acceptors (Lipinski definition) is 5. The number of hydrogen-bond donors (Lipinski definition) is 1. The van der Waals surface area contributed by atoms with Gasteiger partial charge in [-0.3, -0.25) is 4.98 Å². The van der Waals surface area contributed by atoms with Crippen LogP contribution in [0.2, 0.25) is 0 Å². The number of rotatable bonds is 5. The molecular weight excluding hydrogens is 472 g/mol. The Morgan fingerprint density at radius 2 is 1.84 bits per heavy atom. The number of aliphatic hydroxyl groups is 1. The van der Waals surface area contributed by atoms with Crippen molar-refractivity contribution in [3.05, 3.63) is 52.3 Å². The summed E-state index contributed by atoms with van der Waals surface area (Å²) in [6.45, 7) is 10.6. The molecule has 1 aromatic heterocycles. The van der Waals surface area contributed by atoms with Crippen molar-refractivity contribution >= 4 is 22.0 Å². The molecule has 1 aliphatic rings. The number of carbonyl (C=O) groups is 1. The van der Waals surface area contributed by atoms with Crippen molar-refractivity contribution in [2.75, 3.05) is 13.1 Å². The molecule has 1 saturated heterocycles. The van der Waals surface area contributed by atoms with Crippen molar-refractivity contribution in [2.45, 2.75) is 65.1 Å². The zero-order valence-corrected chi connectivity index (χ0v) is 21.1. The van der Waals surface area contributed by atoms with Gasteiger partial charge in [-0.1, -0.05) is 6.07 Å². The van der Waals surface area contributed by atoms with E-state index in [-0.39, 0.29) is 6.09 Å². The highest BCUT2D eigenvalue weighted by Gasteiger charge is 2.27. The lowest BCUT2D eigenvalue weighted by molar-refractivity contribution is 0.0184. The number of aromatic nitrogens is 1. The molecule has 0 atom stereocenters. The Morgan fingerprint density at radius 3 is 2.38 bits per heavy atom. The molecule has 0 aliphatic carbocycles. The summed E-state index contributed by atoms with van der Waals surface area (Å²) in [6.07, 6.45) is 4.28. The number of nitrogens with zero attached hydrogens (tertiary/aromatic N) is 2. The SMILES string of the molecule is CC(C)(C)OC(=O)N1CCC(Cc2ccc(Oc3ccc(C(C)(C)O)cc3Br)cn2)CC1. The van der Waals surface area contributed by atoms with Crippen LogP contribution in [0, 0.1) is 5.92 Å². The van der Waals surface area contributed by atoms with Crippen molar-refractivity contribution < 1.29 is 19.4 Å². The Hall–Kier alpha value is -2.12. The summed E-state index contributed by atoms with van der Waals surface area (Å²) >= 11 is 3.51. The number of amides is 1. The van der Waals surface area contributed by atoms with E-state index in [9.17, 15) is 9.90 Å². The van der Waals surface area contributed by atoms with Crippen LogP contribution in [0.3, 0.4) is 0 Å². The summed E-state index contributed by atoms with van der Waals surface area (Å²) in [6, 6.07) is 9.47. The standard InChI is InChI=1S/C25H33BrN2O4/c1-24(2,3)32-23(29)28-12-10-17(11-13-28)14-19-7-8-20(16-27-19)31-22-9-6-18(15-21(22)26)25(4,5)30/h6-9,15-17,30H,10-14H2,1-5H3. The van der Waals surface area contributed by atoms with E-state index in [2.05, 4.69) is 20.9 Å². The van der Waals surface area contributed by atoms with Gasteiger partial charge in [0.1, 0.15) is 17.1 Å². The van der Waals surface area contributed by atoms with Gasteiger partial charge in [0.15, 0.2) is 0 Å². The Kier molecular flexibility index (Phi) is 7.50. The molecule has 2 aromatic rings. The molecule has 0 spiro atoms. The third kappa shape index (κ3) is 6.94. The highest BCUT2D eigenvalue weighted by atomic mass is 79.9. The van der Waals surface area contributed by atoms with Crippen LogP contribution >= 0.6 is 15.9 Å². The van der Waals surface area contributed by atoms with Gasteiger partial charge in [0.05, 0.1) is 16.3 Å². The fraction of sp³-hybridized carbons (Fsp3) is 0.520. The molecule has 7 heteroatoms. The maximum absolute atomic E-state index is 12.2. The second kappa shape index (κ2) is 9.79. The Bertz CT molecular complexity index is 924. The third-order valence-corrected chi connectivity index (χ3v) is 6.05. The van der Waals surface area contributed by atoms with Crippen molar-refractivity contribution in [1.82, 2.24) is 9.88 Å². The first-order chi connectivity index (χ1) is 14.9. The molecular formula is C25H33BrN2O4. The second-order valence-electron chi connectivity index (χ2n) is 9.91. The third-order valence-electron chi connectivity index (χ3n) is 5.43. The molecule has 1 aliphatic heterocycles. The molecule has 0 bridgehead atoms. The van der Waals surface area contributed by atoms with Gasteiger partial charge in [-0.2, -0.15) is 0 Å². The smallest absolute Gasteiger partial charge is 0.410 e. The quantitative estimate of drug-likeness (QED) is 0.536. The Morgan fingerprint density at radius 1 is 1.16 bits per heavy atom. The van der Waals surface area contributed by atoms with E-state index in [0.29, 0.717) is 17.4 Å². The molecule has 1 amide bonds. The topological polar surface area (TPSA) is 71.9 Å². The molecule has 1 N–H and O–H groups in total. The van der Waals surface area contributed by atoms with Gasteiger partial charge in [0, 0.05) is 18.8 Å². The van der Waals surface area contributed by atoms with E-state index in [4.69, 9.17) is 9.47 Å². The first kappa shape index (κ1) is 24.5. The largest absolute Gasteiger partial charge is 0.455 e. The summed E-state index contributed by atoms with van der Waals surface area (Å²) in [4.78, 5) is 18.6. The van der Waals surface area contributed by atoms with Crippen molar-refractivity contribution in [1.29, 1.82) is 0 Å². The van der Waals surface area contributed by atoms with E-state index in [0.717, 1.165) is 48.1 Å². The molecule has 3 rings (SSSR count). The maximum atomic E-state index is 12.2. The van der Waals surface area contributed by atoms with E-state index >= 15 is 0 Å². The van der Waals surface area contributed by atoms with Gasteiger partial charge < -0.3 is 19.5 Å². The minimum absolute atomic E-state index is 0.225. The van der Waals surface area contributed by atoms with Crippen molar-refractivity contribution in [3.8, 4) is 11.5 Å². The first-order valence-corrected chi connectivity index (χ1v) is 11.8. The molecule has 174 valence electrons. The van der Waals surface area contributed by atoms with Crippen LogP contribution in [0.4, 0.5) is 4.79 Å². The van der Waals surface area contributed by atoms with Crippen LogP contribution in [-0.4, -0.2) is 39.8 Å². The van der Waals surface area contributed by atoms with Gasteiger partial charge in [-0.15, -0.1) is 0 Å². The van der Waals surface area contributed by atoms with Gasteiger partial charge in [0.2, 0.25) is 0 Å².